The molecule has 0 bridgehead atoms. The van der Waals surface area contributed by atoms with Crippen molar-refractivity contribution in [3.63, 3.8) is 0 Å². The van der Waals surface area contributed by atoms with Crippen LogP contribution in [0.25, 0.3) is 27.7 Å². The van der Waals surface area contributed by atoms with Crippen molar-refractivity contribution in [3.8, 4) is 11.3 Å². The predicted octanol–water partition coefficient (Wildman–Crippen LogP) is 6.46. The van der Waals surface area contributed by atoms with Gasteiger partial charge >= 0.3 is 0 Å². The first kappa shape index (κ1) is 15.6. The minimum absolute atomic E-state index is 0.728. The molecule has 2 nitrogen and oxygen atoms in total. The predicted molar refractivity (Wildman–Crippen MR) is 110 cm³/mol. The topological polar surface area (TPSA) is 17.3 Å². The number of nitrogens with zero attached hydrogens (tertiary/aromatic N) is 2. The van der Waals surface area contributed by atoms with Gasteiger partial charge in [0.05, 0.1) is 11.4 Å². The van der Waals surface area contributed by atoms with Crippen molar-refractivity contribution < 1.29 is 0 Å². The van der Waals surface area contributed by atoms with Gasteiger partial charge in [-0.15, -0.1) is 0 Å². The normalized spacial score (nSPS) is 11.4. The van der Waals surface area contributed by atoms with E-state index in [1.165, 1.54) is 16.6 Å². The van der Waals surface area contributed by atoms with Crippen LogP contribution in [0.2, 0.25) is 5.02 Å². The summed E-state index contributed by atoms with van der Waals surface area (Å²) in [6.07, 6.45) is 2.96. The van der Waals surface area contributed by atoms with E-state index in [0.717, 1.165) is 33.7 Å². The summed E-state index contributed by atoms with van der Waals surface area (Å²) in [5, 5.41) is 7.40. The Kier molecular flexibility index (Phi) is 3.77. The molecule has 0 aliphatic carbocycles. The lowest BCUT2D eigenvalue weighted by Crippen LogP contribution is -1.96. The maximum absolute atomic E-state index is 6.25. The summed E-state index contributed by atoms with van der Waals surface area (Å²) < 4.78 is 2.22. The minimum atomic E-state index is 0.728. The lowest BCUT2D eigenvalue weighted by Gasteiger charge is -2.06. The summed E-state index contributed by atoms with van der Waals surface area (Å²) in [5.74, 6) is 0. The van der Waals surface area contributed by atoms with Crippen LogP contribution in [0.5, 0.6) is 0 Å². The molecule has 26 heavy (non-hydrogen) atoms. The number of aromatic nitrogens is 2. The van der Waals surface area contributed by atoms with Gasteiger partial charge < -0.3 is 4.40 Å². The molecule has 0 atom stereocenters. The molecular formula is C22H15ClN2S. The van der Waals surface area contributed by atoms with Gasteiger partial charge in [0.25, 0.3) is 0 Å². The van der Waals surface area contributed by atoms with Crippen LogP contribution in [-0.2, 0) is 6.42 Å². The zero-order chi connectivity index (χ0) is 17.5. The number of hydrogen-bond donors (Lipinski definition) is 0. The highest BCUT2D eigenvalue weighted by molar-refractivity contribution is 7.07. The van der Waals surface area contributed by atoms with Crippen LogP contribution >= 0.6 is 22.9 Å². The van der Waals surface area contributed by atoms with E-state index in [-0.39, 0.29) is 0 Å². The van der Waals surface area contributed by atoms with Crippen LogP contribution in [0.4, 0.5) is 0 Å². The van der Waals surface area contributed by atoms with Gasteiger partial charge in [-0.2, -0.15) is 11.3 Å². The van der Waals surface area contributed by atoms with E-state index in [4.69, 9.17) is 16.6 Å². The monoisotopic (exact) mass is 374 g/mol. The summed E-state index contributed by atoms with van der Waals surface area (Å²) in [7, 11) is 0. The van der Waals surface area contributed by atoms with Crippen LogP contribution in [0, 0.1) is 0 Å². The third kappa shape index (κ3) is 2.61. The van der Waals surface area contributed by atoms with Gasteiger partial charge in [0.15, 0.2) is 0 Å². The van der Waals surface area contributed by atoms with Crippen molar-refractivity contribution in [2.75, 3.05) is 0 Å². The average Bonchev–Trinajstić information content (AvgIpc) is 3.30. The molecule has 0 radical (unpaired) electrons. The Morgan fingerprint density at radius 3 is 2.77 bits per heavy atom. The number of fused-ring (bicyclic) bond motifs is 3. The van der Waals surface area contributed by atoms with Gasteiger partial charge in [-0.3, -0.25) is 0 Å². The molecule has 2 aromatic carbocycles. The fraction of sp³-hybridized carbons (Fsp3) is 0.0455. The highest BCUT2D eigenvalue weighted by Gasteiger charge is 2.16. The third-order valence-electron chi connectivity index (χ3n) is 4.66. The minimum Gasteiger partial charge on any atom is -0.303 e. The Morgan fingerprint density at radius 1 is 1.00 bits per heavy atom. The molecule has 5 rings (SSSR count). The first-order valence-electron chi connectivity index (χ1n) is 8.45. The van der Waals surface area contributed by atoms with Crippen LogP contribution in [0.15, 0.2) is 77.6 Å². The van der Waals surface area contributed by atoms with Gasteiger partial charge in [-0.25, -0.2) is 4.98 Å². The molecule has 3 heterocycles. The van der Waals surface area contributed by atoms with E-state index in [1.807, 2.05) is 18.2 Å². The maximum atomic E-state index is 6.25. The SMILES string of the molecule is Clc1cccc(-c2nc3c4ccccc4ccn3c2Cc2ccsc2)c1. The maximum Gasteiger partial charge on any atom is 0.145 e. The molecule has 0 saturated carbocycles. The van der Waals surface area contributed by atoms with Gasteiger partial charge in [-0.1, -0.05) is 48.0 Å². The summed E-state index contributed by atoms with van der Waals surface area (Å²) in [6.45, 7) is 0. The average molecular weight is 375 g/mol. The van der Waals surface area contributed by atoms with Crippen LogP contribution in [0.1, 0.15) is 11.3 Å². The fourth-order valence-electron chi connectivity index (χ4n) is 3.44. The Hall–Kier alpha value is -2.62. The number of halogens is 1. The van der Waals surface area contributed by atoms with E-state index in [0.29, 0.717) is 0 Å². The Balaban J connectivity index is 1.82. The first-order valence-corrected chi connectivity index (χ1v) is 9.77. The first-order chi connectivity index (χ1) is 12.8. The van der Waals surface area contributed by atoms with E-state index in [1.54, 1.807) is 11.3 Å². The molecule has 126 valence electrons. The largest absolute Gasteiger partial charge is 0.303 e. The van der Waals surface area contributed by atoms with Crippen molar-refractivity contribution in [2.24, 2.45) is 0 Å². The molecule has 0 aliphatic rings. The molecule has 3 aromatic heterocycles. The quantitative estimate of drug-likeness (QED) is 0.354. The van der Waals surface area contributed by atoms with Crippen molar-refractivity contribution in [3.05, 3.63) is 93.9 Å². The summed E-state index contributed by atoms with van der Waals surface area (Å²) in [4.78, 5) is 5.04. The molecule has 4 heteroatoms. The van der Waals surface area contributed by atoms with Crippen LogP contribution in [0.3, 0.4) is 0 Å². The molecule has 0 aliphatic heterocycles. The van der Waals surface area contributed by atoms with Gasteiger partial charge in [0, 0.05) is 28.6 Å². The smallest absolute Gasteiger partial charge is 0.145 e. The highest BCUT2D eigenvalue weighted by Crippen LogP contribution is 2.31. The molecule has 0 amide bonds. The number of imidazole rings is 1. The van der Waals surface area contributed by atoms with E-state index >= 15 is 0 Å². The van der Waals surface area contributed by atoms with E-state index < -0.39 is 0 Å². The second-order valence-electron chi connectivity index (χ2n) is 6.32. The van der Waals surface area contributed by atoms with Crippen molar-refractivity contribution >= 4 is 39.4 Å². The lowest BCUT2D eigenvalue weighted by molar-refractivity contribution is 1.04. The standard InChI is InChI=1S/C22H15ClN2S/c23-18-6-3-5-17(13-18)21-20(12-15-9-11-26-14-15)25-10-8-16-4-1-2-7-19(16)22(25)24-21/h1-11,13-14H,12H2. The summed E-state index contributed by atoms with van der Waals surface area (Å²) in [6, 6.07) is 20.7. The molecule has 0 N–H and O–H groups in total. The summed E-state index contributed by atoms with van der Waals surface area (Å²) in [5.41, 5.74) is 5.52. The van der Waals surface area contributed by atoms with Gasteiger partial charge in [0.1, 0.15) is 5.65 Å². The van der Waals surface area contributed by atoms with E-state index in [2.05, 4.69) is 63.8 Å². The Morgan fingerprint density at radius 2 is 1.92 bits per heavy atom. The van der Waals surface area contributed by atoms with Crippen LogP contribution in [-0.4, -0.2) is 9.38 Å². The molecule has 0 spiro atoms. The van der Waals surface area contributed by atoms with Crippen LogP contribution < -0.4 is 0 Å². The number of pyridine rings is 1. The number of thiophene rings is 1. The fourth-order valence-corrected chi connectivity index (χ4v) is 4.30. The second kappa shape index (κ2) is 6.27. The van der Waals surface area contributed by atoms with Crippen molar-refractivity contribution in [2.45, 2.75) is 6.42 Å². The van der Waals surface area contributed by atoms with Gasteiger partial charge in [-0.05, 0) is 46.0 Å². The van der Waals surface area contributed by atoms with E-state index in [9.17, 15) is 0 Å². The number of benzene rings is 2. The lowest BCUT2D eigenvalue weighted by atomic mass is 10.1. The summed E-state index contributed by atoms with van der Waals surface area (Å²) >= 11 is 7.97. The molecule has 0 fully saturated rings. The Labute approximate surface area is 160 Å². The van der Waals surface area contributed by atoms with Gasteiger partial charge in [0.2, 0.25) is 0 Å². The zero-order valence-electron chi connectivity index (χ0n) is 13.9. The molecule has 0 unspecified atom stereocenters. The molecule has 5 aromatic rings. The second-order valence-corrected chi connectivity index (χ2v) is 7.54. The Bertz CT molecular complexity index is 1220. The van der Waals surface area contributed by atoms with Crippen molar-refractivity contribution in [1.29, 1.82) is 0 Å². The highest BCUT2D eigenvalue weighted by atomic mass is 35.5. The molecular weight excluding hydrogens is 360 g/mol. The number of rotatable bonds is 3. The zero-order valence-corrected chi connectivity index (χ0v) is 15.5. The third-order valence-corrected chi connectivity index (χ3v) is 5.63. The molecule has 0 saturated heterocycles. The van der Waals surface area contributed by atoms with Crippen molar-refractivity contribution in [1.82, 2.24) is 9.38 Å². The number of hydrogen-bond acceptors (Lipinski definition) is 2.